The standard InChI is InChI=1S/C24H30FN3O2/c1-27(2)11-3-10-24(20-5-7-21(25)8-6-20)22-9-4-18(16-19(22)17-30-24)23(26)28-12-14-29-15-13-28/h4-9,16,26H,3,10-15,17H2,1-2H3. The van der Waals surface area contributed by atoms with Gasteiger partial charge >= 0.3 is 0 Å². The van der Waals surface area contributed by atoms with Crippen molar-refractivity contribution in [2.75, 3.05) is 46.9 Å². The van der Waals surface area contributed by atoms with Crippen molar-refractivity contribution in [2.45, 2.75) is 25.0 Å². The highest BCUT2D eigenvalue weighted by Gasteiger charge is 2.41. The average Bonchev–Trinajstić information content (AvgIpc) is 3.13. The third-order valence-electron chi connectivity index (χ3n) is 6.06. The number of fused-ring (bicyclic) bond motifs is 1. The number of nitrogens with zero attached hydrogens (tertiary/aromatic N) is 2. The van der Waals surface area contributed by atoms with Crippen molar-refractivity contribution >= 4 is 5.84 Å². The molecule has 1 unspecified atom stereocenters. The Morgan fingerprint density at radius 1 is 1.13 bits per heavy atom. The van der Waals surface area contributed by atoms with Crippen LogP contribution in [-0.4, -0.2) is 62.6 Å². The molecule has 2 aliphatic rings. The van der Waals surface area contributed by atoms with E-state index in [1.807, 2.05) is 18.2 Å². The van der Waals surface area contributed by atoms with Crippen LogP contribution in [0.15, 0.2) is 42.5 Å². The Kier molecular flexibility index (Phi) is 6.18. The molecule has 0 aliphatic carbocycles. The van der Waals surface area contributed by atoms with E-state index < -0.39 is 5.60 Å². The van der Waals surface area contributed by atoms with E-state index in [9.17, 15) is 4.39 Å². The molecule has 5 nitrogen and oxygen atoms in total. The van der Waals surface area contributed by atoms with E-state index in [0.29, 0.717) is 25.7 Å². The number of benzene rings is 2. The quantitative estimate of drug-likeness (QED) is 0.583. The first-order valence-electron chi connectivity index (χ1n) is 10.6. The molecule has 1 atom stereocenters. The fourth-order valence-corrected chi connectivity index (χ4v) is 4.46. The number of hydrogen-bond acceptors (Lipinski definition) is 4. The lowest BCUT2D eigenvalue weighted by atomic mass is 9.81. The van der Waals surface area contributed by atoms with Gasteiger partial charge in [-0.1, -0.05) is 24.3 Å². The molecule has 2 heterocycles. The second-order valence-electron chi connectivity index (χ2n) is 8.35. The second-order valence-corrected chi connectivity index (χ2v) is 8.35. The van der Waals surface area contributed by atoms with E-state index in [4.69, 9.17) is 14.9 Å². The summed E-state index contributed by atoms with van der Waals surface area (Å²) in [5, 5.41) is 8.61. The lowest BCUT2D eigenvalue weighted by Crippen LogP contribution is -2.40. The number of morpholine rings is 1. The Morgan fingerprint density at radius 2 is 1.87 bits per heavy atom. The van der Waals surface area contributed by atoms with E-state index >= 15 is 0 Å². The second kappa shape index (κ2) is 8.84. The Labute approximate surface area is 177 Å². The predicted octanol–water partition coefficient (Wildman–Crippen LogP) is 3.60. The number of halogens is 1. The summed E-state index contributed by atoms with van der Waals surface area (Å²) in [6.07, 6.45) is 1.79. The molecule has 160 valence electrons. The normalized spacial score (nSPS) is 21.1. The average molecular weight is 412 g/mol. The van der Waals surface area contributed by atoms with Crippen molar-refractivity contribution < 1.29 is 13.9 Å². The first-order chi connectivity index (χ1) is 14.5. The van der Waals surface area contributed by atoms with Crippen molar-refractivity contribution in [1.29, 1.82) is 5.41 Å². The largest absolute Gasteiger partial charge is 0.378 e. The minimum atomic E-state index is -0.571. The van der Waals surface area contributed by atoms with Gasteiger partial charge in [0, 0.05) is 18.7 Å². The summed E-state index contributed by atoms with van der Waals surface area (Å²) in [6, 6.07) is 12.9. The predicted molar refractivity (Wildman–Crippen MR) is 115 cm³/mol. The summed E-state index contributed by atoms with van der Waals surface area (Å²) < 4.78 is 25.5. The van der Waals surface area contributed by atoms with Gasteiger partial charge < -0.3 is 19.3 Å². The Morgan fingerprint density at radius 3 is 2.57 bits per heavy atom. The Balaban J connectivity index is 1.65. The van der Waals surface area contributed by atoms with E-state index in [2.05, 4.69) is 36.0 Å². The van der Waals surface area contributed by atoms with Crippen LogP contribution in [0.5, 0.6) is 0 Å². The van der Waals surface area contributed by atoms with Crippen LogP contribution in [-0.2, 0) is 21.7 Å². The van der Waals surface area contributed by atoms with Gasteiger partial charge in [-0.15, -0.1) is 0 Å². The van der Waals surface area contributed by atoms with E-state index in [-0.39, 0.29) is 5.82 Å². The van der Waals surface area contributed by atoms with Crippen LogP contribution in [0.1, 0.15) is 35.1 Å². The molecule has 1 fully saturated rings. The SMILES string of the molecule is CN(C)CCCC1(c2ccc(F)cc2)OCc2cc(C(=N)N3CCOCC3)ccc21. The van der Waals surface area contributed by atoms with Gasteiger partial charge in [-0.3, -0.25) is 5.41 Å². The lowest BCUT2D eigenvalue weighted by molar-refractivity contribution is -0.0140. The summed E-state index contributed by atoms with van der Waals surface area (Å²) in [5.74, 6) is 0.294. The summed E-state index contributed by atoms with van der Waals surface area (Å²) in [7, 11) is 4.13. The maximum absolute atomic E-state index is 13.6. The van der Waals surface area contributed by atoms with Crippen LogP contribution in [0.2, 0.25) is 0 Å². The maximum Gasteiger partial charge on any atom is 0.128 e. The Bertz CT molecular complexity index is 894. The van der Waals surface area contributed by atoms with E-state index in [0.717, 1.165) is 54.7 Å². The molecule has 1 saturated heterocycles. The molecule has 2 aromatic carbocycles. The van der Waals surface area contributed by atoms with Crippen LogP contribution in [0.25, 0.3) is 0 Å². The summed E-state index contributed by atoms with van der Waals surface area (Å²) >= 11 is 0. The van der Waals surface area contributed by atoms with Gasteiger partial charge in [-0.25, -0.2) is 4.39 Å². The van der Waals surface area contributed by atoms with Gasteiger partial charge in [0.15, 0.2) is 0 Å². The highest BCUT2D eigenvalue weighted by molar-refractivity contribution is 5.96. The topological polar surface area (TPSA) is 48.8 Å². The van der Waals surface area contributed by atoms with Gasteiger partial charge in [-0.05, 0) is 68.4 Å². The van der Waals surface area contributed by atoms with E-state index in [1.165, 1.54) is 12.1 Å². The van der Waals surface area contributed by atoms with Gasteiger partial charge in [-0.2, -0.15) is 0 Å². The van der Waals surface area contributed by atoms with Crippen LogP contribution >= 0.6 is 0 Å². The molecule has 2 aliphatic heterocycles. The molecule has 4 rings (SSSR count). The number of amidine groups is 1. The fourth-order valence-electron chi connectivity index (χ4n) is 4.46. The zero-order valence-electron chi connectivity index (χ0n) is 17.8. The van der Waals surface area contributed by atoms with Crippen LogP contribution in [0, 0.1) is 11.2 Å². The van der Waals surface area contributed by atoms with E-state index in [1.54, 1.807) is 0 Å². The molecular weight excluding hydrogens is 381 g/mol. The molecule has 0 radical (unpaired) electrons. The monoisotopic (exact) mass is 411 g/mol. The van der Waals surface area contributed by atoms with Gasteiger partial charge in [0.05, 0.1) is 19.8 Å². The van der Waals surface area contributed by atoms with Crippen molar-refractivity contribution in [1.82, 2.24) is 9.80 Å². The first kappa shape index (κ1) is 21.0. The van der Waals surface area contributed by atoms with Crippen molar-refractivity contribution in [3.63, 3.8) is 0 Å². The maximum atomic E-state index is 13.6. The smallest absolute Gasteiger partial charge is 0.128 e. The van der Waals surface area contributed by atoms with Crippen molar-refractivity contribution in [3.05, 3.63) is 70.5 Å². The molecule has 0 spiro atoms. The zero-order valence-corrected chi connectivity index (χ0v) is 17.8. The van der Waals surface area contributed by atoms with Crippen molar-refractivity contribution in [2.24, 2.45) is 0 Å². The highest BCUT2D eigenvalue weighted by Crippen LogP contribution is 2.45. The highest BCUT2D eigenvalue weighted by atomic mass is 19.1. The lowest BCUT2D eigenvalue weighted by Gasteiger charge is -2.31. The molecular formula is C24H30FN3O2. The molecule has 1 N–H and O–H groups in total. The van der Waals surface area contributed by atoms with Crippen LogP contribution in [0.4, 0.5) is 4.39 Å². The molecule has 2 aromatic rings. The van der Waals surface area contributed by atoms with Gasteiger partial charge in [0.1, 0.15) is 17.3 Å². The first-order valence-corrected chi connectivity index (χ1v) is 10.6. The number of nitrogens with one attached hydrogen (secondary N) is 1. The zero-order chi connectivity index (χ0) is 21.1. The molecule has 0 aromatic heterocycles. The summed E-state index contributed by atoms with van der Waals surface area (Å²) in [4.78, 5) is 4.23. The fraction of sp³-hybridized carbons (Fsp3) is 0.458. The van der Waals surface area contributed by atoms with Crippen molar-refractivity contribution in [3.8, 4) is 0 Å². The number of rotatable bonds is 6. The van der Waals surface area contributed by atoms with Crippen LogP contribution in [0.3, 0.4) is 0 Å². The van der Waals surface area contributed by atoms with Gasteiger partial charge in [0.2, 0.25) is 0 Å². The molecule has 0 amide bonds. The third kappa shape index (κ3) is 4.13. The molecule has 0 saturated carbocycles. The number of hydrogen-bond donors (Lipinski definition) is 1. The molecule has 30 heavy (non-hydrogen) atoms. The minimum absolute atomic E-state index is 0.241. The third-order valence-corrected chi connectivity index (χ3v) is 6.06. The Hall–Kier alpha value is -2.28. The van der Waals surface area contributed by atoms with Crippen LogP contribution < -0.4 is 0 Å². The molecule has 0 bridgehead atoms. The minimum Gasteiger partial charge on any atom is -0.378 e. The summed E-state index contributed by atoms with van der Waals surface area (Å²) in [5.41, 5.74) is 3.56. The summed E-state index contributed by atoms with van der Waals surface area (Å²) in [6.45, 7) is 4.28. The number of ether oxygens (including phenoxy) is 2. The molecule has 6 heteroatoms. The van der Waals surface area contributed by atoms with Gasteiger partial charge in [0.25, 0.3) is 0 Å².